The zero-order valence-electron chi connectivity index (χ0n) is 13.1. The van der Waals surface area contributed by atoms with Gasteiger partial charge in [-0.15, -0.1) is 0 Å². The quantitative estimate of drug-likeness (QED) is 0.897. The van der Waals surface area contributed by atoms with Crippen LogP contribution < -0.4 is 0 Å². The molecule has 2 aromatic rings. The number of rotatable bonds is 3. The van der Waals surface area contributed by atoms with Gasteiger partial charge in [0, 0.05) is 26.0 Å². The average Bonchev–Trinajstić information content (AvgIpc) is 3.14. The summed E-state index contributed by atoms with van der Waals surface area (Å²) in [5.41, 5.74) is 0.990. The standard InChI is InChI=1S/C14H19N5O3S/c1-18-9-10(7-16-18)14(20)19-6-4-3-5-11(19)13-12(8-15-17-13)23(2,21)22/h7-9,11H,3-6H2,1-2H3,(H,15,17)/t11-/m0/s1. The summed E-state index contributed by atoms with van der Waals surface area (Å²) in [6.07, 6.45) is 8.19. The van der Waals surface area contributed by atoms with Gasteiger partial charge < -0.3 is 4.90 Å². The van der Waals surface area contributed by atoms with E-state index in [-0.39, 0.29) is 16.8 Å². The van der Waals surface area contributed by atoms with Crippen LogP contribution in [0.5, 0.6) is 0 Å². The van der Waals surface area contributed by atoms with Gasteiger partial charge in [-0.25, -0.2) is 8.42 Å². The van der Waals surface area contributed by atoms with E-state index in [1.54, 1.807) is 22.8 Å². The van der Waals surface area contributed by atoms with E-state index in [2.05, 4.69) is 15.3 Å². The number of aryl methyl sites for hydroxylation is 1. The molecule has 8 nitrogen and oxygen atoms in total. The fourth-order valence-electron chi connectivity index (χ4n) is 2.99. The molecule has 1 atom stereocenters. The number of aromatic amines is 1. The van der Waals surface area contributed by atoms with E-state index >= 15 is 0 Å². The molecule has 23 heavy (non-hydrogen) atoms. The van der Waals surface area contributed by atoms with Crippen molar-refractivity contribution in [3.8, 4) is 0 Å². The maximum absolute atomic E-state index is 12.8. The van der Waals surface area contributed by atoms with Crippen molar-refractivity contribution in [2.45, 2.75) is 30.2 Å². The number of sulfone groups is 1. The van der Waals surface area contributed by atoms with E-state index in [4.69, 9.17) is 0 Å². The number of piperidine rings is 1. The van der Waals surface area contributed by atoms with Crippen molar-refractivity contribution in [3.63, 3.8) is 0 Å². The third kappa shape index (κ3) is 3.00. The molecule has 0 bridgehead atoms. The highest BCUT2D eigenvalue weighted by Crippen LogP contribution is 2.34. The molecule has 0 aliphatic carbocycles. The van der Waals surface area contributed by atoms with Gasteiger partial charge in [-0.2, -0.15) is 10.2 Å². The molecule has 1 amide bonds. The topological polar surface area (TPSA) is 101 Å². The van der Waals surface area contributed by atoms with Crippen LogP contribution in [0.15, 0.2) is 23.5 Å². The van der Waals surface area contributed by atoms with Crippen LogP contribution in [-0.4, -0.2) is 52.0 Å². The lowest BCUT2D eigenvalue weighted by molar-refractivity contribution is 0.0602. The second kappa shape index (κ2) is 5.80. The zero-order chi connectivity index (χ0) is 16.6. The summed E-state index contributed by atoms with van der Waals surface area (Å²) >= 11 is 0. The van der Waals surface area contributed by atoms with Crippen molar-refractivity contribution in [2.75, 3.05) is 12.8 Å². The first-order valence-corrected chi connectivity index (χ1v) is 9.30. The Kier molecular flexibility index (Phi) is 3.97. The summed E-state index contributed by atoms with van der Waals surface area (Å²) in [7, 11) is -1.65. The first-order chi connectivity index (χ1) is 10.9. The van der Waals surface area contributed by atoms with Crippen LogP contribution in [0.1, 0.15) is 41.4 Å². The Morgan fingerprint density at radius 1 is 1.35 bits per heavy atom. The Bertz CT molecular complexity index is 823. The second-order valence-electron chi connectivity index (χ2n) is 5.83. The summed E-state index contributed by atoms with van der Waals surface area (Å²) in [4.78, 5) is 14.6. The molecule has 3 rings (SSSR count). The molecule has 2 aromatic heterocycles. The predicted octanol–water partition coefficient (Wildman–Crippen LogP) is 0.914. The van der Waals surface area contributed by atoms with Crippen LogP contribution in [0.2, 0.25) is 0 Å². The first kappa shape index (κ1) is 15.7. The molecule has 1 N–H and O–H groups in total. The maximum Gasteiger partial charge on any atom is 0.257 e. The van der Waals surface area contributed by atoms with Crippen molar-refractivity contribution < 1.29 is 13.2 Å². The minimum Gasteiger partial charge on any atom is -0.330 e. The number of carbonyl (C=O) groups is 1. The van der Waals surface area contributed by atoms with Crippen LogP contribution in [0.3, 0.4) is 0 Å². The fraction of sp³-hybridized carbons (Fsp3) is 0.500. The molecule has 124 valence electrons. The fourth-order valence-corrected chi connectivity index (χ4v) is 3.82. The Morgan fingerprint density at radius 3 is 2.78 bits per heavy atom. The largest absolute Gasteiger partial charge is 0.330 e. The second-order valence-corrected chi connectivity index (χ2v) is 7.82. The van der Waals surface area contributed by atoms with Crippen molar-refractivity contribution in [3.05, 3.63) is 29.8 Å². The van der Waals surface area contributed by atoms with Crippen LogP contribution in [0.25, 0.3) is 0 Å². The van der Waals surface area contributed by atoms with Crippen molar-refractivity contribution in [1.82, 2.24) is 24.9 Å². The highest BCUT2D eigenvalue weighted by atomic mass is 32.2. The minimum absolute atomic E-state index is 0.142. The molecule has 0 saturated carbocycles. The molecule has 1 aliphatic heterocycles. The summed E-state index contributed by atoms with van der Waals surface area (Å²) in [6, 6.07) is -0.316. The number of nitrogens with zero attached hydrogens (tertiary/aromatic N) is 4. The van der Waals surface area contributed by atoms with Gasteiger partial charge in [0.25, 0.3) is 5.91 Å². The summed E-state index contributed by atoms with van der Waals surface area (Å²) in [5.74, 6) is -0.142. The lowest BCUT2D eigenvalue weighted by Crippen LogP contribution is -2.39. The highest BCUT2D eigenvalue weighted by molar-refractivity contribution is 7.90. The van der Waals surface area contributed by atoms with Gasteiger partial charge in [0.15, 0.2) is 9.84 Å². The zero-order valence-corrected chi connectivity index (χ0v) is 13.9. The molecule has 0 unspecified atom stereocenters. The lowest BCUT2D eigenvalue weighted by Gasteiger charge is -2.35. The molecular weight excluding hydrogens is 318 g/mol. The number of likely N-dealkylation sites (tertiary alicyclic amines) is 1. The van der Waals surface area contributed by atoms with Crippen LogP contribution >= 0.6 is 0 Å². The Labute approximate surface area is 134 Å². The monoisotopic (exact) mass is 337 g/mol. The Morgan fingerprint density at radius 2 is 2.13 bits per heavy atom. The number of carbonyl (C=O) groups excluding carboxylic acids is 1. The average molecular weight is 337 g/mol. The highest BCUT2D eigenvalue weighted by Gasteiger charge is 2.33. The number of nitrogens with one attached hydrogen (secondary N) is 1. The third-order valence-corrected chi connectivity index (χ3v) is 5.20. The van der Waals surface area contributed by atoms with Crippen LogP contribution in [-0.2, 0) is 16.9 Å². The van der Waals surface area contributed by atoms with Crippen molar-refractivity contribution >= 4 is 15.7 Å². The molecule has 9 heteroatoms. The van der Waals surface area contributed by atoms with Crippen molar-refractivity contribution in [1.29, 1.82) is 0 Å². The number of aromatic nitrogens is 4. The minimum atomic E-state index is -3.40. The van der Waals surface area contributed by atoms with Gasteiger partial charge in [0.1, 0.15) is 4.90 Å². The molecule has 0 aromatic carbocycles. The molecule has 1 aliphatic rings. The molecule has 1 saturated heterocycles. The van der Waals surface area contributed by atoms with E-state index in [1.807, 2.05) is 0 Å². The van der Waals surface area contributed by atoms with E-state index in [1.165, 1.54) is 12.4 Å². The lowest BCUT2D eigenvalue weighted by atomic mass is 9.98. The first-order valence-electron chi connectivity index (χ1n) is 7.41. The Balaban J connectivity index is 1.97. The van der Waals surface area contributed by atoms with Gasteiger partial charge >= 0.3 is 0 Å². The summed E-state index contributed by atoms with van der Waals surface area (Å²) in [5, 5.41) is 10.7. The van der Waals surface area contributed by atoms with Gasteiger partial charge in [0.2, 0.25) is 0 Å². The van der Waals surface area contributed by atoms with E-state index in [0.717, 1.165) is 19.1 Å². The number of amides is 1. The van der Waals surface area contributed by atoms with Crippen LogP contribution in [0, 0.1) is 0 Å². The Hall–Kier alpha value is -2.16. The maximum atomic E-state index is 12.8. The molecule has 0 spiro atoms. The number of hydrogen-bond acceptors (Lipinski definition) is 5. The third-order valence-electron chi connectivity index (χ3n) is 4.08. The smallest absolute Gasteiger partial charge is 0.257 e. The van der Waals surface area contributed by atoms with E-state index in [0.29, 0.717) is 24.2 Å². The molecule has 0 radical (unpaired) electrons. The summed E-state index contributed by atoms with van der Waals surface area (Å²) in [6.45, 7) is 0.584. The van der Waals surface area contributed by atoms with Gasteiger partial charge in [-0.05, 0) is 19.3 Å². The molecule has 1 fully saturated rings. The van der Waals surface area contributed by atoms with Gasteiger partial charge in [-0.1, -0.05) is 0 Å². The predicted molar refractivity (Wildman–Crippen MR) is 82.5 cm³/mol. The van der Waals surface area contributed by atoms with Gasteiger partial charge in [0.05, 0.1) is 29.7 Å². The summed E-state index contributed by atoms with van der Waals surface area (Å²) < 4.78 is 25.4. The van der Waals surface area contributed by atoms with Crippen molar-refractivity contribution in [2.24, 2.45) is 7.05 Å². The SMILES string of the molecule is Cn1cc(C(=O)N2CCCC[C@H]2c2[nH]ncc2S(C)(=O)=O)cn1. The van der Waals surface area contributed by atoms with Crippen LogP contribution in [0.4, 0.5) is 0 Å². The molecular formula is C14H19N5O3S. The van der Waals surface area contributed by atoms with E-state index in [9.17, 15) is 13.2 Å². The number of H-pyrrole nitrogens is 1. The van der Waals surface area contributed by atoms with E-state index < -0.39 is 9.84 Å². The normalized spacial score (nSPS) is 19.0. The number of hydrogen-bond donors (Lipinski definition) is 1. The van der Waals surface area contributed by atoms with Gasteiger partial charge in [-0.3, -0.25) is 14.6 Å². The molecule has 3 heterocycles.